The first-order valence-electron chi connectivity index (χ1n) is 4.81. The number of nitrogens with one attached hydrogen (secondary N) is 1. The fourth-order valence-electron chi connectivity index (χ4n) is 1.29. The van der Waals surface area contributed by atoms with Crippen LogP contribution < -0.4 is 4.74 Å². The zero-order chi connectivity index (χ0) is 13.2. The first-order chi connectivity index (χ1) is 8.47. The Bertz CT molecular complexity index is 541. The standard InChI is InChI=1S/C10H7ClF3N3O/c11-7-2-1-3-15-8(7)6-4-16-17-9(6)18-5-10(12,13)14/h1-4H,5H2,(H,16,17). The molecular formula is C10H7ClF3N3O. The third-order valence-electron chi connectivity index (χ3n) is 2.00. The molecule has 0 atom stereocenters. The van der Waals surface area contributed by atoms with Gasteiger partial charge >= 0.3 is 6.18 Å². The van der Waals surface area contributed by atoms with Crippen LogP contribution >= 0.6 is 11.6 Å². The van der Waals surface area contributed by atoms with Crippen LogP contribution in [0.5, 0.6) is 5.88 Å². The summed E-state index contributed by atoms with van der Waals surface area (Å²) in [6.07, 6.45) is -1.64. The Balaban J connectivity index is 2.26. The summed E-state index contributed by atoms with van der Waals surface area (Å²) in [5.74, 6) is -0.118. The van der Waals surface area contributed by atoms with E-state index >= 15 is 0 Å². The minimum Gasteiger partial charge on any atom is -0.468 e. The zero-order valence-corrected chi connectivity index (χ0v) is 9.59. The lowest BCUT2D eigenvalue weighted by Gasteiger charge is -2.09. The van der Waals surface area contributed by atoms with E-state index in [9.17, 15) is 13.2 Å². The lowest BCUT2D eigenvalue weighted by Crippen LogP contribution is -2.19. The summed E-state index contributed by atoms with van der Waals surface area (Å²) >= 11 is 5.90. The highest BCUT2D eigenvalue weighted by atomic mass is 35.5. The van der Waals surface area contributed by atoms with E-state index in [1.165, 1.54) is 12.4 Å². The summed E-state index contributed by atoms with van der Waals surface area (Å²) in [6.45, 7) is -1.41. The maximum atomic E-state index is 12.1. The van der Waals surface area contributed by atoms with Gasteiger partial charge in [0.2, 0.25) is 5.88 Å². The van der Waals surface area contributed by atoms with Crippen molar-refractivity contribution in [2.45, 2.75) is 6.18 Å². The van der Waals surface area contributed by atoms with Crippen molar-refractivity contribution in [1.29, 1.82) is 0 Å². The second-order valence-electron chi connectivity index (χ2n) is 3.35. The van der Waals surface area contributed by atoms with Crippen molar-refractivity contribution in [2.75, 3.05) is 6.61 Å². The SMILES string of the molecule is FC(F)(F)COc1[nH]ncc1-c1ncccc1Cl. The lowest BCUT2D eigenvalue weighted by molar-refractivity contribution is -0.154. The van der Waals surface area contributed by atoms with E-state index in [0.29, 0.717) is 10.7 Å². The van der Waals surface area contributed by atoms with Crippen LogP contribution in [0.2, 0.25) is 5.02 Å². The molecule has 0 aliphatic rings. The van der Waals surface area contributed by atoms with E-state index in [2.05, 4.69) is 19.9 Å². The highest BCUT2D eigenvalue weighted by molar-refractivity contribution is 6.33. The largest absolute Gasteiger partial charge is 0.468 e. The lowest BCUT2D eigenvalue weighted by atomic mass is 10.2. The van der Waals surface area contributed by atoms with Gasteiger partial charge in [-0.15, -0.1) is 0 Å². The summed E-state index contributed by atoms with van der Waals surface area (Å²) in [7, 11) is 0. The molecule has 18 heavy (non-hydrogen) atoms. The number of halogens is 4. The number of hydrogen-bond acceptors (Lipinski definition) is 3. The van der Waals surface area contributed by atoms with Crippen molar-refractivity contribution < 1.29 is 17.9 Å². The smallest absolute Gasteiger partial charge is 0.422 e. The van der Waals surface area contributed by atoms with Gasteiger partial charge < -0.3 is 4.74 Å². The zero-order valence-electron chi connectivity index (χ0n) is 8.83. The number of pyridine rings is 1. The number of ether oxygens (including phenoxy) is 1. The van der Waals surface area contributed by atoms with E-state index in [1.807, 2.05) is 0 Å². The summed E-state index contributed by atoms with van der Waals surface area (Å²) in [5.41, 5.74) is 0.593. The normalized spacial score (nSPS) is 11.6. The molecule has 2 heterocycles. The van der Waals surface area contributed by atoms with Crippen LogP contribution in [0.15, 0.2) is 24.5 Å². The number of rotatable bonds is 3. The number of aromatic amines is 1. The number of H-pyrrole nitrogens is 1. The van der Waals surface area contributed by atoms with Crippen LogP contribution in [0.3, 0.4) is 0 Å². The minimum atomic E-state index is -4.42. The molecular weight excluding hydrogens is 271 g/mol. The molecule has 8 heteroatoms. The van der Waals surface area contributed by atoms with Crippen molar-refractivity contribution in [3.63, 3.8) is 0 Å². The van der Waals surface area contributed by atoms with Crippen LogP contribution in [-0.4, -0.2) is 28.0 Å². The molecule has 2 aromatic rings. The van der Waals surface area contributed by atoms with E-state index in [1.54, 1.807) is 12.1 Å². The first kappa shape index (κ1) is 12.7. The quantitative estimate of drug-likeness (QED) is 0.938. The predicted molar refractivity (Wildman–Crippen MR) is 58.4 cm³/mol. The van der Waals surface area contributed by atoms with Gasteiger partial charge in [-0.1, -0.05) is 11.6 Å². The van der Waals surface area contributed by atoms with Crippen LogP contribution in [0.4, 0.5) is 13.2 Å². The van der Waals surface area contributed by atoms with Crippen molar-refractivity contribution in [3.8, 4) is 17.1 Å². The maximum Gasteiger partial charge on any atom is 0.422 e. The molecule has 1 N–H and O–H groups in total. The summed E-state index contributed by atoms with van der Waals surface area (Å²) in [4.78, 5) is 3.97. The van der Waals surface area contributed by atoms with Gasteiger partial charge in [0.1, 0.15) is 0 Å². The Morgan fingerprint density at radius 1 is 1.39 bits per heavy atom. The average Bonchev–Trinajstić information content (AvgIpc) is 2.74. The van der Waals surface area contributed by atoms with Gasteiger partial charge in [-0.2, -0.15) is 18.3 Å². The fourth-order valence-corrected chi connectivity index (χ4v) is 1.51. The Morgan fingerprint density at radius 2 is 2.17 bits per heavy atom. The van der Waals surface area contributed by atoms with Crippen molar-refractivity contribution in [3.05, 3.63) is 29.5 Å². The van der Waals surface area contributed by atoms with E-state index in [-0.39, 0.29) is 11.4 Å². The van der Waals surface area contributed by atoms with Crippen molar-refractivity contribution in [1.82, 2.24) is 15.2 Å². The van der Waals surface area contributed by atoms with Crippen molar-refractivity contribution in [2.24, 2.45) is 0 Å². The van der Waals surface area contributed by atoms with E-state index in [4.69, 9.17) is 11.6 Å². The molecule has 0 unspecified atom stereocenters. The van der Waals surface area contributed by atoms with Gasteiger partial charge in [0.15, 0.2) is 6.61 Å². The topological polar surface area (TPSA) is 50.8 Å². The number of hydrogen-bond donors (Lipinski definition) is 1. The Hall–Kier alpha value is -1.76. The van der Waals surface area contributed by atoms with Crippen LogP contribution in [0, 0.1) is 0 Å². The number of alkyl halides is 3. The molecule has 4 nitrogen and oxygen atoms in total. The summed E-state index contributed by atoms with van der Waals surface area (Å²) in [6, 6.07) is 3.19. The van der Waals surface area contributed by atoms with Gasteiger partial charge in [0, 0.05) is 6.20 Å². The molecule has 0 aliphatic carbocycles. The number of nitrogens with zero attached hydrogens (tertiary/aromatic N) is 2. The van der Waals surface area contributed by atoms with Crippen LogP contribution in [-0.2, 0) is 0 Å². The molecule has 0 radical (unpaired) electrons. The molecule has 0 bridgehead atoms. The maximum absolute atomic E-state index is 12.1. The molecule has 0 saturated carbocycles. The van der Waals surface area contributed by atoms with Crippen molar-refractivity contribution >= 4 is 11.6 Å². The van der Waals surface area contributed by atoms with Gasteiger partial charge in [-0.25, -0.2) is 5.10 Å². The van der Waals surface area contributed by atoms with E-state index in [0.717, 1.165) is 0 Å². The summed E-state index contributed by atoms with van der Waals surface area (Å²) in [5, 5.41) is 6.26. The first-order valence-corrected chi connectivity index (χ1v) is 5.19. The van der Waals surface area contributed by atoms with Gasteiger partial charge in [-0.05, 0) is 12.1 Å². The summed E-state index contributed by atoms with van der Waals surface area (Å²) < 4.78 is 40.8. The molecule has 2 rings (SSSR count). The minimum absolute atomic E-state index is 0.118. The highest BCUT2D eigenvalue weighted by Crippen LogP contribution is 2.31. The molecule has 96 valence electrons. The molecule has 0 aromatic carbocycles. The number of aromatic nitrogens is 3. The Kier molecular flexibility index (Phi) is 3.42. The third-order valence-corrected chi connectivity index (χ3v) is 2.30. The van der Waals surface area contributed by atoms with Gasteiger partial charge in [0.05, 0.1) is 22.5 Å². The molecule has 0 amide bonds. The molecule has 2 aromatic heterocycles. The molecule has 0 saturated heterocycles. The van der Waals surface area contributed by atoms with Gasteiger partial charge in [0.25, 0.3) is 0 Å². The monoisotopic (exact) mass is 277 g/mol. The molecule has 0 fully saturated rings. The second-order valence-corrected chi connectivity index (χ2v) is 3.76. The average molecular weight is 278 g/mol. The second kappa shape index (κ2) is 4.85. The molecule has 0 spiro atoms. The van der Waals surface area contributed by atoms with Gasteiger partial charge in [-0.3, -0.25) is 4.98 Å². The fraction of sp³-hybridized carbons (Fsp3) is 0.200. The Labute approximate surface area is 105 Å². The Morgan fingerprint density at radius 3 is 2.83 bits per heavy atom. The van der Waals surface area contributed by atoms with Crippen LogP contribution in [0.1, 0.15) is 0 Å². The van der Waals surface area contributed by atoms with E-state index < -0.39 is 12.8 Å². The van der Waals surface area contributed by atoms with Crippen LogP contribution in [0.25, 0.3) is 11.3 Å². The predicted octanol–water partition coefficient (Wildman–Crippen LogP) is 3.07. The molecule has 0 aliphatic heterocycles. The third kappa shape index (κ3) is 2.92. The highest BCUT2D eigenvalue weighted by Gasteiger charge is 2.29.